The van der Waals surface area contributed by atoms with E-state index in [9.17, 15) is 14.4 Å². The van der Waals surface area contributed by atoms with Gasteiger partial charge in [-0.1, -0.05) is 0 Å². The maximum absolute atomic E-state index is 12.7. The van der Waals surface area contributed by atoms with Crippen LogP contribution in [0.1, 0.15) is 44.2 Å². The predicted octanol–water partition coefficient (Wildman–Crippen LogP) is 1.53. The Kier molecular flexibility index (Phi) is 4.09. The summed E-state index contributed by atoms with van der Waals surface area (Å²) in [5.41, 5.74) is -0.950. The summed E-state index contributed by atoms with van der Waals surface area (Å²) in [4.78, 5) is 44.0. The number of imide groups is 1. The maximum Gasteiger partial charge on any atom is 0.325 e. The summed E-state index contributed by atoms with van der Waals surface area (Å²) in [5.74, 6) is -0.565. The second-order valence-corrected chi connectivity index (χ2v) is 7.34. The van der Waals surface area contributed by atoms with Crippen molar-refractivity contribution in [3.63, 3.8) is 0 Å². The van der Waals surface area contributed by atoms with Gasteiger partial charge < -0.3 is 10.2 Å². The zero-order valence-corrected chi connectivity index (χ0v) is 14.1. The van der Waals surface area contributed by atoms with Crippen molar-refractivity contribution in [3.8, 4) is 0 Å². The van der Waals surface area contributed by atoms with Crippen LogP contribution in [0.5, 0.6) is 0 Å². The Labute approximate surface area is 138 Å². The SMILES string of the molecule is CC1(C)NC(=O)N(CC(=O)N2CCCC[C@H]2c2nccs2)C1=O. The Bertz CT molecular complexity index is 629. The van der Waals surface area contributed by atoms with E-state index >= 15 is 0 Å². The van der Waals surface area contributed by atoms with Gasteiger partial charge in [-0.3, -0.25) is 14.5 Å². The number of carbonyl (C=O) groups is 3. The van der Waals surface area contributed by atoms with Crippen molar-refractivity contribution in [2.75, 3.05) is 13.1 Å². The highest BCUT2D eigenvalue weighted by Crippen LogP contribution is 2.32. The fourth-order valence-corrected chi connectivity index (χ4v) is 3.86. The molecule has 4 amide bonds. The number of nitrogens with one attached hydrogen (secondary N) is 1. The van der Waals surface area contributed by atoms with Gasteiger partial charge in [0.2, 0.25) is 5.91 Å². The minimum atomic E-state index is -0.950. The van der Waals surface area contributed by atoms with Crippen LogP contribution in [0.4, 0.5) is 4.79 Å². The summed E-state index contributed by atoms with van der Waals surface area (Å²) < 4.78 is 0. The zero-order valence-electron chi connectivity index (χ0n) is 13.2. The second-order valence-electron chi connectivity index (χ2n) is 6.42. The van der Waals surface area contributed by atoms with Crippen molar-refractivity contribution < 1.29 is 14.4 Å². The summed E-state index contributed by atoms with van der Waals surface area (Å²) in [6, 6.07) is -0.554. The highest BCUT2D eigenvalue weighted by atomic mass is 32.1. The molecule has 7 nitrogen and oxygen atoms in total. The molecule has 0 radical (unpaired) electrons. The van der Waals surface area contributed by atoms with Gasteiger partial charge in [0.05, 0.1) is 6.04 Å². The highest BCUT2D eigenvalue weighted by Gasteiger charge is 2.45. The second kappa shape index (κ2) is 5.92. The number of nitrogens with zero attached hydrogens (tertiary/aromatic N) is 3. The van der Waals surface area contributed by atoms with Crippen molar-refractivity contribution in [3.05, 3.63) is 16.6 Å². The third-order valence-corrected chi connectivity index (χ3v) is 5.17. The fourth-order valence-electron chi connectivity index (χ4n) is 3.07. The molecule has 1 N–H and O–H groups in total. The molecule has 2 aliphatic rings. The first-order valence-corrected chi connectivity index (χ1v) is 8.61. The summed E-state index contributed by atoms with van der Waals surface area (Å²) in [6.45, 7) is 3.69. The van der Waals surface area contributed by atoms with Gasteiger partial charge >= 0.3 is 6.03 Å². The van der Waals surface area contributed by atoms with E-state index in [2.05, 4.69) is 10.3 Å². The maximum atomic E-state index is 12.7. The van der Waals surface area contributed by atoms with Crippen molar-refractivity contribution in [1.82, 2.24) is 20.1 Å². The minimum Gasteiger partial charge on any atom is -0.332 e. The number of likely N-dealkylation sites (tertiary alicyclic amines) is 1. The number of amides is 4. The molecule has 8 heteroatoms. The topological polar surface area (TPSA) is 82.6 Å². The number of carbonyl (C=O) groups excluding carboxylic acids is 3. The number of urea groups is 1. The fraction of sp³-hybridized carbons (Fsp3) is 0.600. The molecule has 0 bridgehead atoms. The average molecular weight is 336 g/mol. The molecule has 2 fully saturated rings. The highest BCUT2D eigenvalue weighted by molar-refractivity contribution is 7.09. The lowest BCUT2D eigenvalue weighted by molar-refractivity contribution is -0.140. The van der Waals surface area contributed by atoms with Gasteiger partial charge in [-0.15, -0.1) is 11.3 Å². The molecule has 3 heterocycles. The quantitative estimate of drug-likeness (QED) is 0.849. The molecule has 1 aromatic rings. The lowest BCUT2D eigenvalue weighted by Gasteiger charge is -2.35. The van der Waals surface area contributed by atoms with E-state index in [0.717, 1.165) is 29.2 Å². The number of hydrogen-bond donors (Lipinski definition) is 1. The molecular formula is C15H20N4O3S. The standard InChI is InChI=1S/C15H20N4O3S/c1-15(2)13(21)19(14(22)17-15)9-11(20)18-7-4-3-5-10(18)12-16-6-8-23-12/h6,8,10H,3-5,7,9H2,1-2H3,(H,17,22)/t10-/m0/s1. The van der Waals surface area contributed by atoms with Gasteiger partial charge in [0, 0.05) is 18.1 Å². The van der Waals surface area contributed by atoms with E-state index < -0.39 is 11.6 Å². The number of piperidine rings is 1. The Balaban J connectivity index is 1.74. The van der Waals surface area contributed by atoms with Crippen molar-refractivity contribution in [2.45, 2.75) is 44.7 Å². The Morgan fingerprint density at radius 3 is 2.83 bits per heavy atom. The number of rotatable bonds is 3. The minimum absolute atomic E-state index is 0.0509. The van der Waals surface area contributed by atoms with Crippen molar-refractivity contribution >= 4 is 29.2 Å². The predicted molar refractivity (Wildman–Crippen MR) is 84.7 cm³/mol. The molecule has 2 saturated heterocycles. The van der Waals surface area contributed by atoms with E-state index in [1.165, 1.54) is 11.3 Å². The lowest BCUT2D eigenvalue weighted by atomic mass is 10.0. The molecule has 0 spiro atoms. The molecule has 0 aliphatic carbocycles. The van der Waals surface area contributed by atoms with E-state index in [1.54, 1.807) is 24.9 Å². The summed E-state index contributed by atoms with van der Waals surface area (Å²) >= 11 is 1.53. The van der Waals surface area contributed by atoms with Crippen molar-refractivity contribution in [1.29, 1.82) is 0 Å². The van der Waals surface area contributed by atoms with Crippen LogP contribution in [0.3, 0.4) is 0 Å². The van der Waals surface area contributed by atoms with E-state index in [-0.39, 0.29) is 24.4 Å². The van der Waals surface area contributed by atoms with Crippen LogP contribution in [0, 0.1) is 0 Å². The van der Waals surface area contributed by atoms with Gasteiger partial charge in [-0.05, 0) is 33.1 Å². The Hall–Kier alpha value is -1.96. The number of thiazole rings is 1. The molecule has 2 aliphatic heterocycles. The number of aromatic nitrogens is 1. The van der Waals surface area contributed by atoms with E-state index in [1.807, 2.05) is 5.38 Å². The summed E-state index contributed by atoms with van der Waals surface area (Å²) in [7, 11) is 0. The molecule has 3 rings (SSSR count). The molecule has 0 saturated carbocycles. The average Bonchev–Trinajstić information content (AvgIpc) is 3.10. The van der Waals surface area contributed by atoms with Crippen LogP contribution in [-0.4, -0.2) is 51.3 Å². The Morgan fingerprint density at radius 1 is 1.43 bits per heavy atom. The van der Waals surface area contributed by atoms with Gasteiger partial charge in [0.15, 0.2) is 0 Å². The zero-order chi connectivity index (χ0) is 16.6. The summed E-state index contributed by atoms with van der Waals surface area (Å²) in [6.07, 6.45) is 4.57. The third kappa shape index (κ3) is 2.95. The van der Waals surface area contributed by atoms with Crippen LogP contribution in [0.25, 0.3) is 0 Å². The van der Waals surface area contributed by atoms with Crippen LogP contribution in [0.15, 0.2) is 11.6 Å². The first kappa shape index (κ1) is 15.9. The van der Waals surface area contributed by atoms with Gasteiger partial charge in [0.1, 0.15) is 17.1 Å². The van der Waals surface area contributed by atoms with E-state index in [4.69, 9.17) is 0 Å². The third-order valence-electron chi connectivity index (χ3n) is 4.30. The monoisotopic (exact) mass is 336 g/mol. The normalized spacial score (nSPS) is 24.0. The van der Waals surface area contributed by atoms with Crippen LogP contribution in [-0.2, 0) is 9.59 Å². The van der Waals surface area contributed by atoms with Gasteiger partial charge in [-0.2, -0.15) is 0 Å². The van der Waals surface area contributed by atoms with Gasteiger partial charge in [-0.25, -0.2) is 9.78 Å². The largest absolute Gasteiger partial charge is 0.332 e. The van der Waals surface area contributed by atoms with Crippen LogP contribution < -0.4 is 5.32 Å². The first-order valence-electron chi connectivity index (χ1n) is 7.73. The van der Waals surface area contributed by atoms with Crippen LogP contribution in [0.2, 0.25) is 0 Å². The summed E-state index contributed by atoms with van der Waals surface area (Å²) in [5, 5.41) is 5.40. The first-order chi connectivity index (χ1) is 10.9. The lowest BCUT2D eigenvalue weighted by Crippen LogP contribution is -2.46. The van der Waals surface area contributed by atoms with Crippen LogP contribution >= 0.6 is 11.3 Å². The molecule has 1 aromatic heterocycles. The molecule has 1 atom stereocenters. The van der Waals surface area contributed by atoms with E-state index in [0.29, 0.717) is 6.54 Å². The Morgan fingerprint density at radius 2 is 2.22 bits per heavy atom. The van der Waals surface area contributed by atoms with Gasteiger partial charge in [0.25, 0.3) is 5.91 Å². The molecule has 124 valence electrons. The molecule has 0 unspecified atom stereocenters. The smallest absolute Gasteiger partial charge is 0.325 e. The molecular weight excluding hydrogens is 316 g/mol. The molecule has 23 heavy (non-hydrogen) atoms. The number of hydrogen-bond acceptors (Lipinski definition) is 5. The van der Waals surface area contributed by atoms with Crippen molar-refractivity contribution in [2.24, 2.45) is 0 Å². The molecule has 0 aromatic carbocycles.